The molecule has 312 valence electrons. The molecule has 16 heteroatoms. The van der Waals surface area contributed by atoms with Gasteiger partial charge in [-0.05, 0) is 102 Å². The number of ether oxygens (including phenoxy) is 1. The second kappa shape index (κ2) is 16.8. The number of amides is 3. The maximum Gasteiger partial charge on any atom is 0.298 e. The lowest BCUT2D eigenvalue weighted by Gasteiger charge is -2.19. The molecule has 15 nitrogen and oxygen atoms in total. The van der Waals surface area contributed by atoms with Crippen LogP contribution in [0.25, 0.3) is 22.1 Å². The number of hydrazine groups is 1. The minimum absolute atomic E-state index is 0.0308. The summed E-state index contributed by atoms with van der Waals surface area (Å²) in [7, 11) is 3.66. The molecule has 1 aliphatic rings. The summed E-state index contributed by atoms with van der Waals surface area (Å²) in [4.78, 5) is 49.4. The number of likely N-dealkylation sites (N-methyl/N-ethyl adjacent to an activating group) is 1. The molecule has 3 amide bonds. The molecule has 0 fully saturated rings. The van der Waals surface area contributed by atoms with E-state index < -0.39 is 17.7 Å². The topological polar surface area (TPSA) is 164 Å². The maximum absolute atomic E-state index is 14.0. The minimum Gasteiger partial charge on any atom is -0.487 e. The van der Waals surface area contributed by atoms with Crippen LogP contribution in [0.3, 0.4) is 0 Å². The van der Waals surface area contributed by atoms with Gasteiger partial charge in [0, 0.05) is 51.9 Å². The van der Waals surface area contributed by atoms with E-state index in [1.807, 2.05) is 92.6 Å². The number of fused-ring (bicyclic) bond motifs is 2. The standard InChI is InChI=1S/C44H50FN11O4/c1-9-55-36(20-28(5)49-55)41(58)47-43-52(8)35-22-31(40(46)57)16-19-33(35)53(43)23-26(3)27(4)24-54-39-34(12-11-13-38(39)60-25-30-14-17-32(45)18-15-30)51(7)44(54)48-42(59)37-21-29(6)50-56(37)10-2/h11-22,29,50H,9-10,23-25H2,1-8H3,(H2,46,57)/b27-26+,47-43?,48-44?. The van der Waals surface area contributed by atoms with Gasteiger partial charge in [0.15, 0.2) is 0 Å². The molecule has 0 saturated carbocycles. The van der Waals surface area contributed by atoms with Gasteiger partial charge in [-0.3, -0.25) is 19.1 Å². The number of carbonyl (C=O) groups excluding carboxylic acids is 3. The Hall–Kier alpha value is -6.81. The Morgan fingerprint density at radius 2 is 1.52 bits per heavy atom. The van der Waals surface area contributed by atoms with Crippen molar-refractivity contribution in [3.05, 3.63) is 129 Å². The second-order valence-corrected chi connectivity index (χ2v) is 15.1. The molecule has 1 unspecified atom stereocenters. The van der Waals surface area contributed by atoms with Crippen LogP contribution in [0.15, 0.2) is 99.6 Å². The highest BCUT2D eigenvalue weighted by molar-refractivity contribution is 5.97. The third-order valence-corrected chi connectivity index (χ3v) is 10.8. The number of nitrogens with two attached hydrogens (primary N) is 1. The normalized spacial score (nSPS) is 15.3. The number of para-hydroxylation sites is 1. The molecule has 60 heavy (non-hydrogen) atoms. The van der Waals surface area contributed by atoms with Crippen molar-refractivity contribution in [3.63, 3.8) is 0 Å². The lowest BCUT2D eigenvalue weighted by atomic mass is 10.1. The van der Waals surface area contributed by atoms with Crippen molar-refractivity contribution in [2.24, 2.45) is 29.8 Å². The molecule has 0 aliphatic carbocycles. The van der Waals surface area contributed by atoms with Crippen LogP contribution < -0.4 is 27.1 Å². The molecule has 1 aliphatic heterocycles. The van der Waals surface area contributed by atoms with Crippen LogP contribution in [0.1, 0.15) is 66.7 Å². The Labute approximate surface area is 346 Å². The molecule has 0 spiro atoms. The highest BCUT2D eigenvalue weighted by Gasteiger charge is 2.25. The number of aromatic nitrogens is 6. The van der Waals surface area contributed by atoms with Gasteiger partial charge in [0.25, 0.3) is 11.8 Å². The molecule has 3 aromatic carbocycles. The van der Waals surface area contributed by atoms with Gasteiger partial charge in [0.2, 0.25) is 17.1 Å². The summed E-state index contributed by atoms with van der Waals surface area (Å²) in [6.07, 6.45) is 1.87. The molecular weight excluding hydrogens is 766 g/mol. The van der Waals surface area contributed by atoms with Crippen LogP contribution >= 0.6 is 0 Å². The summed E-state index contributed by atoms with van der Waals surface area (Å²) in [6, 6.07) is 18.7. The van der Waals surface area contributed by atoms with Crippen LogP contribution in [0.4, 0.5) is 4.39 Å². The third kappa shape index (κ3) is 7.97. The highest BCUT2D eigenvalue weighted by atomic mass is 19.1. The largest absolute Gasteiger partial charge is 0.487 e. The maximum atomic E-state index is 14.0. The predicted octanol–water partition coefficient (Wildman–Crippen LogP) is 4.93. The number of hydrogen-bond acceptors (Lipinski definition) is 7. The van der Waals surface area contributed by atoms with E-state index in [-0.39, 0.29) is 18.5 Å². The van der Waals surface area contributed by atoms with E-state index in [0.29, 0.717) is 71.3 Å². The number of allylic oxidation sites excluding steroid dienone is 2. The van der Waals surface area contributed by atoms with E-state index in [1.165, 1.54) is 12.1 Å². The molecule has 0 saturated heterocycles. The van der Waals surface area contributed by atoms with Gasteiger partial charge in [-0.15, -0.1) is 0 Å². The smallest absolute Gasteiger partial charge is 0.298 e. The van der Waals surface area contributed by atoms with Gasteiger partial charge in [-0.25, -0.2) is 9.82 Å². The number of nitrogens with one attached hydrogen (secondary N) is 1. The van der Waals surface area contributed by atoms with Gasteiger partial charge in [0.05, 0.1) is 22.2 Å². The number of benzene rings is 3. The zero-order chi connectivity index (χ0) is 43.0. The average molecular weight is 816 g/mol. The van der Waals surface area contributed by atoms with Crippen molar-refractivity contribution in [2.75, 3.05) is 6.54 Å². The van der Waals surface area contributed by atoms with E-state index in [0.717, 1.165) is 33.3 Å². The Morgan fingerprint density at radius 1 is 0.850 bits per heavy atom. The van der Waals surface area contributed by atoms with Crippen LogP contribution in [0.5, 0.6) is 5.75 Å². The number of carbonyl (C=O) groups is 3. The number of rotatable bonds is 12. The fourth-order valence-corrected chi connectivity index (χ4v) is 7.57. The van der Waals surface area contributed by atoms with Gasteiger partial charge in [-0.2, -0.15) is 15.1 Å². The van der Waals surface area contributed by atoms with E-state index >= 15 is 0 Å². The second-order valence-electron chi connectivity index (χ2n) is 15.1. The highest BCUT2D eigenvalue weighted by Crippen LogP contribution is 2.28. The van der Waals surface area contributed by atoms with Gasteiger partial charge < -0.3 is 33.7 Å². The molecular formula is C44H50FN11O4. The zero-order valence-corrected chi connectivity index (χ0v) is 35.2. The van der Waals surface area contributed by atoms with Crippen molar-refractivity contribution in [2.45, 2.75) is 73.8 Å². The van der Waals surface area contributed by atoms with Crippen LogP contribution in [0.2, 0.25) is 0 Å². The Morgan fingerprint density at radius 3 is 2.20 bits per heavy atom. The Balaban J connectivity index is 1.36. The fraction of sp³-hybridized carbons (Fsp3) is 0.318. The third-order valence-electron chi connectivity index (χ3n) is 10.8. The first-order chi connectivity index (χ1) is 28.7. The molecule has 1 atom stereocenters. The monoisotopic (exact) mass is 815 g/mol. The SMILES string of the molecule is CCN1NC(C)C=C1C(=O)N=c1n(C)c2cccc(OCc3ccc(F)cc3)c2n1C/C(C)=C(\C)Cn1c(=NC(=O)c2cc(C)nn2CC)n(C)c2cc(C(N)=O)ccc21. The number of primary amides is 1. The first-order valence-electron chi connectivity index (χ1n) is 19.9. The fourth-order valence-electron chi connectivity index (χ4n) is 7.57. The van der Waals surface area contributed by atoms with Crippen LogP contribution in [-0.4, -0.2) is 63.4 Å². The van der Waals surface area contributed by atoms with Crippen molar-refractivity contribution in [1.82, 2.24) is 38.5 Å². The minimum atomic E-state index is -0.571. The summed E-state index contributed by atoms with van der Waals surface area (Å²) >= 11 is 0. The summed E-state index contributed by atoms with van der Waals surface area (Å²) in [6.45, 7) is 13.6. The molecule has 3 N–H and O–H groups in total. The van der Waals surface area contributed by atoms with E-state index in [2.05, 4.69) is 15.5 Å². The first kappa shape index (κ1) is 41.4. The summed E-state index contributed by atoms with van der Waals surface area (Å²) in [5, 5.41) is 6.24. The molecule has 0 bridgehead atoms. The molecule has 3 aromatic heterocycles. The van der Waals surface area contributed by atoms with Crippen molar-refractivity contribution in [1.29, 1.82) is 0 Å². The molecule has 7 rings (SSSR count). The predicted molar refractivity (Wildman–Crippen MR) is 226 cm³/mol. The quantitative estimate of drug-likeness (QED) is 0.166. The van der Waals surface area contributed by atoms with Crippen molar-refractivity contribution in [3.8, 4) is 5.75 Å². The van der Waals surface area contributed by atoms with Crippen LogP contribution in [0, 0.1) is 12.7 Å². The van der Waals surface area contributed by atoms with Crippen molar-refractivity contribution >= 4 is 39.8 Å². The average Bonchev–Trinajstić information content (AvgIpc) is 3.95. The summed E-state index contributed by atoms with van der Waals surface area (Å²) < 4.78 is 29.3. The Bertz CT molecular complexity index is 2880. The number of aryl methyl sites for hydroxylation is 4. The lowest BCUT2D eigenvalue weighted by molar-refractivity contribution is -0.116. The molecule has 0 radical (unpaired) electrons. The first-order valence-corrected chi connectivity index (χ1v) is 19.9. The summed E-state index contributed by atoms with van der Waals surface area (Å²) in [5.41, 5.74) is 17.2. The van der Waals surface area contributed by atoms with Gasteiger partial charge in [0.1, 0.15) is 35.1 Å². The number of imidazole rings is 2. The van der Waals surface area contributed by atoms with Gasteiger partial charge >= 0.3 is 0 Å². The number of hydrogen-bond donors (Lipinski definition) is 2. The molecule has 4 heterocycles. The van der Waals surface area contributed by atoms with E-state index in [1.54, 1.807) is 51.6 Å². The number of nitrogens with zero attached hydrogens (tertiary/aromatic N) is 9. The van der Waals surface area contributed by atoms with Gasteiger partial charge in [-0.1, -0.05) is 29.3 Å². The Kier molecular flexibility index (Phi) is 11.6. The van der Waals surface area contributed by atoms with E-state index in [4.69, 9.17) is 15.5 Å². The van der Waals surface area contributed by atoms with Crippen molar-refractivity contribution < 1.29 is 23.5 Å². The van der Waals surface area contributed by atoms with Crippen LogP contribution in [-0.2, 0) is 45.1 Å². The number of halogens is 1. The summed E-state index contributed by atoms with van der Waals surface area (Å²) in [5.74, 6) is -1.18. The van der Waals surface area contributed by atoms with E-state index in [9.17, 15) is 18.8 Å². The zero-order valence-electron chi connectivity index (χ0n) is 35.2. The lowest BCUT2D eigenvalue weighted by Crippen LogP contribution is -2.37. The molecule has 6 aromatic rings.